The Hall–Kier alpha value is -3.34. The second-order valence-corrected chi connectivity index (χ2v) is 11.1. The number of nitrogens with one attached hydrogen (secondary N) is 1. The van der Waals surface area contributed by atoms with Crippen LogP contribution in [0.15, 0.2) is 78.9 Å². The average molecular weight is 510 g/mol. The summed E-state index contributed by atoms with van der Waals surface area (Å²) in [5, 5.41) is 6.36. The van der Waals surface area contributed by atoms with E-state index in [-0.39, 0.29) is 11.4 Å². The lowest BCUT2D eigenvalue weighted by atomic mass is 9.74. The molecule has 2 amide bonds. The van der Waals surface area contributed by atoms with Crippen molar-refractivity contribution >= 4 is 39.8 Å². The van der Waals surface area contributed by atoms with E-state index < -0.39 is 0 Å². The van der Waals surface area contributed by atoms with E-state index in [1.54, 1.807) is 0 Å². The molecule has 5 heteroatoms. The third-order valence-electron chi connectivity index (χ3n) is 8.26. The fourth-order valence-electron chi connectivity index (χ4n) is 6.05. The van der Waals surface area contributed by atoms with Crippen molar-refractivity contribution in [2.24, 2.45) is 0 Å². The topological polar surface area (TPSA) is 35.6 Å². The monoisotopic (exact) mass is 509 g/mol. The number of aryl methyl sites for hydroxylation is 1. The van der Waals surface area contributed by atoms with Gasteiger partial charge in [0.2, 0.25) is 0 Å². The summed E-state index contributed by atoms with van der Waals surface area (Å²) in [6.45, 7) is 7.78. The molecule has 0 aliphatic carbocycles. The average Bonchev–Trinajstić information content (AvgIpc) is 3.21. The smallest absolute Gasteiger partial charge is 0.307 e. The minimum atomic E-state index is -0.0917. The molecule has 4 nitrogen and oxygen atoms in total. The number of nitrogens with zero attached hydrogens (tertiary/aromatic N) is 2. The maximum absolute atomic E-state index is 13.5. The molecule has 6 rings (SSSR count). The molecule has 4 aromatic carbocycles. The van der Waals surface area contributed by atoms with Gasteiger partial charge in [-0.3, -0.25) is 9.80 Å². The van der Waals surface area contributed by atoms with Crippen molar-refractivity contribution in [2.45, 2.75) is 38.6 Å². The van der Waals surface area contributed by atoms with Crippen LogP contribution in [-0.4, -0.2) is 30.6 Å². The summed E-state index contributed by atoms with van der Waals surface area (Å²) >= 11 is 6.30. The van der Waals surface area contributed by atoms with Gasteiger partial charge in [0.05, 0.1) is 0 Å². The highest BCUT2D eigenvalue weighted by atomic mass is 35.5. The molecule has 0 aromatic heterocycles. The van der Waals surface area contributed by atoms with Crippen molar-refractivity contribution in [1.82, 2.24) is 4.90 Å². The number of likely N-dealkylation sites (tertiary alicyclic amines) is 1. The molecular formula is C32H32ClN3O. The Bertz CT molecular complexity index is 1490. The lowest BCUT2D eigenvalue weighted by Gasteiger charge is -2.40. The van der Waals surface area contributed by atoms with E-state index in [0.717, 1.165) is 49.4 Å². The van der Waals surface area contributed by atoms with Gasteiger partial charge in [-0.1, -0.05) is 71.8 Å². The molecule has 0 unspecified atom stereocenters. The molecule has 2 heterocycles. The normalized spacial score (nSPS) is 16.8. The summed E-state index contributed by atoms with van der Waals surface area (Å²) in [5.74, 6) is 0. The number of amides is 2. The molecule has 1 saturated heterocycles. The summed E-state index contributed by atoms with van der Waals surface area (Å²) in [7, 11) is 0. The molecule has 37 heavy (non-hydrogen) atoms. The van der Waals surface area contributed by atoms with E-state index in [9.17, 15) is 4.79 Å². The Morgan fingerprint density at radius 2 is 1.70 bits per heavy atom. The van der Waals surface area contributed by atoms with Crippen LogP contribution in [0.25, 0.3) is 10.8 Å². The number of benzene rings is 4. The molecule has 0 radical (unpaired) electrons. The quantitative estimate of drug-likeness (QED) is 0.307. The van der Waals surface area contributed by atoms with E-state index >= 15 is 0 Å². The van der Waals surface area contributed by atoms with Gasteiger partial charge < -0.3 is 5.32 Å². The number of hydrogen-bond donors (Lipinski definition) is 1. The third-order valence-corrected chi connectivity index (χ3v) is 8.67. The van der Waals surface area contributed by atoms with Crippen LogP contribution in [0, 0.1) is 13.8 Å². The van der Waals surface area contributed by atoms with Crippen molar-refractivity contribution in [3.63, 3.8) is 0 Å². The first-order chi connectivity index (χ1) is 17.9. The van der Waals surface area contributed by atoms with Crippen LogP contribution in [0.1, 0.15) is 35.1 Å². The highest BCUT2D eigenvalue weighted by Crippen LogP contribution is 2.47. The van der Waals surface area contributed by atoms with E-state index in [1.165, 1.54) is 27.5 Å². The lowest BCUT2D eigenvalue weighted by molar-refractivity contribution is 0.160. The number of anilines is 2. The highest BCUT2D eigenvalue weighted by molar-refractivity contribution is 6.31. The number of rotatable bonds is 3. The Labute approximate surface area is 223 Å². The summed E-state index contributed by atoms with van der Waals surface area (Å²) in [6, 6.07) is 27.4. The molecule has 188 valence electrons. The van der Waals surface area contributed by atoms with Gasteiger partial charge in [0, 0.05) is 34.9 Å². The predicted octanol–water partition coefficient (Wildman–Crippen LogP) is 7.70. The number of carbonyl (C=O) groups excluding carboxylic acids is 1. The fourth-order valence-corrected chi connectivity index (χ4v) is 6.23. The zero-order valence-electron chi connectivity index (χ0n) is 21.4. The van der Waals surface area contributed by atoms with Crippen LogP contribution >= 0.6 is 11.6 Å². The first-order valence-corrected chi connectivity index (χ1v) is 13.4. The molecule has 0 bridgehead atoms. The third kappa shape index (κ3) is 4.49. The predicted molar refractivity (Wildman–Crippen MR) is 154 cm³/mol. The molecule has 2 aliphatic heterocycles. The van der Waals surface area contributed by atoms with Crippen molar-refractivity contribution in [1.29, 1.82) is 0 Å². The lowest BCUT2D eigenvalue weighted by Crippen LogP contribution is -2.46. The highest BCUT2D eigenvalue weighted by Gasteiger charge is 2.46. The molecule has 4 aromatic rings. The number of hydrogen-bond acceptors (Lipinski definition) is 2. The van der Waals surface area contributed by atoms with Crippen LogP contribution in [0.4, 0.5) is 16.2 Å². The van der Waals surface area contributed by atoms with E-state index in [2.05, 4.69) is 77.8 Å². The van der Waals surface area contributed by atoms with Gasteiger partial charge in [-0.15, -0.1) is 0 Å². The Morgan fingerprint density at radius 1 is 0.919 bits per heavy atom. The van der Waals surface area contributed by atoms with Gasteiger partial charge >= 0.3 is 6.03 Å². The zero-order chi connectivity index (χ0) is 25.6. The van der Waals surface area contributed by atoms with E-state index in [4.69, 9.17) is 11.6 Å². The van der Waals surface area contributed by atoms with Crippen molar-refractivity contribution < 1.29 is 4.79 Å². The van der Waals surface area contributed by atoms with Crippen molar-refractivity contribution in [3.8, 4) is 0 Å². The minimum Gasteiger partial charge on any atom is -0.307 e. The minimum absolute atomic E-state index is 0.0119. The van der Waals surface area contributed by atoms with Gasteiger partial charge in [0.15, 0.2) is 0 Å². The van der Waals surface area contributed by atoms with Crippen molar-refractivity contribution in [3.05, 3.63) is 106 Å². The standard InChI is InChI=1S/C32H32ClN3O/c1-22-10-13-30-27(18-22)32(21-36(30)31(37)34-29-9-5-8-28(33)23(29)2)14-16-35(17-15-32)20-24-11-12-25-6-3-4-7-26(25)19-24/h3-13,18-19H,14-17,20-21H2,1-2H3,(H,34,37). The summed E-state index contributed by atoms with van der Waals surface area (Å²) in [5.41, 5.74) is 6.58. The van der Waals surface area contributed by atoms with Crippen molar-refractivity contribution in [2.75, 3.05) is 29.9 Å². The summed E-state index contributed by atoms with van der Waals surface area (Å²) in [4.78, 5) is 18.0. The molecule has 0 saturated carbocycles. The van der Waals surface area contributed by atoms with Gasteiger partial charge in [-0.25, -0.2) is 4.79 Å². The number of piperidine rings is 1. The van der Waals surface area contributed by atoms with Gasteiger partial charge in [-0.2, -0.15) is 0 Å². The number of carbonyl (C=O) groups is 1. The second-order valence-electron chi connectivity index (χ2n) is 10.7. The zero-order valence-corrected chi connectivity index (χ0v) is 22.2. The Kier molecular flexibility index (Phi) is 6.18. The van der Waals surface area contributed by atoms with E-state index in [1.807, 2.05) is 30.0 Å². The molecule has 1 N–H and O–H groups in total. The van der Waals surface area contributed by atoms with Gasteiger partial charge in [0.1, 0.15) is 0 Å². The maximum Gasteiger partial charge on any atom is 0.326 e. The molecule has 1 fully saturated rings. The van der Waals surface area contributed by atoms with Crippen LogP contribution in [0.2, 0.25) is 5.02 Å². The molecule has 2 aliphatic rings. The SMILES string of the molecule is Cc1ccc2c(c1)C1(CCN(Cc3ccc4ccccc4c3)CC1)CN2C(=O)Nc1cccc(Cl)c1C. The Morgan fingerprint density at radius 3 is 2.51 bits per heavy atom. The van der Waals surface area contributed by atoms with Crippen LogP contribution in [0.3, 0.4) is 0 Å². The van der Waals surface area contributed by atoms with E-state index in [0.29, 0.717) is 11.6 Å². The second kappa shape index (κ2) is 9.51. The number of urea groups is 1. The maximum atomic E-state index is 13.5. The first kappa shape index (κ1) is 24.0. The fraction of sp³-hybridized carbons (Fsp3) is 0.281. The van der Waals surface area contributed by atoms with Gasteiger partial charge in [0.25, 0.3) is 0 Å². The Balaban J connectivity index is 1.20. The molecular weight excluding hydrogens is 478 g/mol. The largest absolute Gasteiger partial charge is 0.326 e. The number of fused-ring (bicyclic) bond motifs is 3. The van der Waals surface area contributed by atoms with Crippen LogP contribution in [0.5, 0.6) is 0 Å². The summed E-state index contributed by atoms with van der Waals surface area (Å²) in [6.07, 6.45) is 2.08. The molecule has 1 spiro atoms. The summed E-state index contributed by atoms with van der Waals surface area (Å²) < 4.78 is 0. The number of halogens is 1. The van der Waals surface area contributed by atoms with Gasteiger partial charge in [-0.05, 0) is 91.5 Å². The van der Waals surface area contributed by atoms with Crippen LogP contribution in [-0.2, 0) is 12.0 Å². The first-order valence-electron chi connectivity index (χ1n) is 13.1. The van der Waals surface area contributed by atoms with Crippen LogP contribution < -0.4 is 10.2 Å². The molecule has 0 atom stereocenters.